The Labute approximate surface area is 119 Å². The van der Waals surface area contributed by atoms with Gasteiger partial charge in [-0.05, 0) is 45.0 Å². The molecule has 1 amide bonds. The van der Waals surface area contributed by atoms with Crippen molar-refractivity contribution in [1.29, 1.82) is 0 Å². The van der Waals surface area contributed by atoms with E-state index in [1.807, 2.05) is 6.92 Å². The average Bonchev–Trinajstić information content (AvgIpc) is 2.42. The number of rotatable bonds is 4. The maximum atomic E-state index is 12.1. The molecular weight excluding hydrogens is 254 g/mol. The highest BCUT2D eigenvalue weighted by atomic mass is 16.3. The lowest BCUT2D eigenvalue weighted by Gasteiger charge is -2.29. The van der Waals surface area contributed by atoms with Crippen LogP contribution in [0.15, 0.2) is 18.2 Å². The van der Waals surface area contributed by atoms with E-state index in [9.17, 15) is 9.90 Å². The molecule has 0 aliphatic carbocycles. The lowest BCUT2D eigenvalue weighted by molar-refractivity contribution is 0.0923. The van der Waals surface area contributed by atoms with E-state index in [0.717, 1.165) is 19.6 Å². The maximum Gasteiger partial charge on any atom is 0.255 e. The molecule has 0 spiro atoms. The van der Waals surface area contributed by atoms with Gasteiger partial charge in [-0.2, -0.15) is 0 Å². The Kier molecular flexibility index (Phi) is 4.84. The highest BCUT2D eigenvalue weighted by Gasteiger charge is 2.18. The molecule has 0 aromatic heterocycles. The number of phenols is 1. The predicted molar refractivity (Wildman–Crippen MR) is 79.7 cm³/mol. The summed E-state index contributed by atoms with van der Waals surface area (Å²) in [5.74, 6) is -0.422. The molecule has 1 heterocycles. The number of nitrogens with two attached hydrogens (primary N) is 1. The van der Waals surface area contributed by atoms with Gasteiger partial charge >= 0.3 is 0 Å². The minimum atomic E-state index is -0.278. The number of amides is 1. The summed E-state index contributed by atoms with van der Waals surface area (Å²) >= 11 is 0. The number of nitrogens with one attached hydrogen (secondary N) is 1. The standard InChI is InChI=1S/C15H23N3O2/c1-11(10-18-8-3-2-4-9-18)17-15(20)12-6-5-7-13(16)14(12)19/h5-7,11,19H,2-4,8-10,16H2,1H3,(H,17,20). The van der Waals surface area contributed by atoms with Crippen molar-refractivity contribution in [2.24, 2.45) is 0 Å². The van der Waals surface area contributed by atoms with Crippen molar-refractivity contribution in [3.8, 4) is 5.75 Å². The Morgan fingerprint density at radius 2 is 2.10 bits per heavy atom. The van der Waals surface area contributed by atoms with Gasteiger partial charge in [0.25, 0.3) is 5.91 Å². The number of aromatic hydroxyl groups is 1. The molecule has 1 atom stereocenters. The molecule has 1 aromatic carbocycles. The van der Waals surface area contributed by atoms with E-state index >= 15 is 0 Å². The van der Waals surface area contributed by atoms with E-state index < -0.39 is 0 Å². The minimum absolute atomic E-state index is 0.0430. The Hall–Kier alpha value is -1.75. The third-order valence-electron chi connectivity index (χ3n) is 3.67. The first-order chi connectivity index (χ1) is 9.58. The summed E-state index contributed by atoms with van der Waals surface area (Å²) in [5.41, 5.74) is 6.06. The van der Waals surface area contributed by atoms with Crippen molar-refractivity contribution in [3.63, 3.8) is 0 Å². The molecule has 1 aliphatic heterocycles. The zero-order valence-corrected chi connectivity index (χ0v) is 11.9. The van der Waals surface area contributed by atoms with Crippen LogP contribution in [0.25, 0.3) is 0 Å². The number of piperidine rings is 1. The van der Waals surface area contributed by atoms with Gasteiger partial charge in [-0.25, -0.2) is 0 Å². The van der Waals surface area contributed by atoms with Gasteiger partial charge in [-0.15, -0.1) is 0 Å². The monoisotopic (exact) mass is 277 g/mol. The van der Waals surface area contributed by atoms with E-state index in [1.165, 1.54) is 19.3 Å². The number of carbonyl (C=O) groups excluding carboxylic acids is 1. The van der Waals surface area contributed by atoms with E-state index in [4.69, 9.17) is 5.73 Å². The van der Waals surface area contributed by atoms with Crippen molar-refractivity contribution >= 4 is 11.6 Å². The third-order valence-corrected chi connectivity index (χ3v) is 3.67. The fourth-order valence-corrected chi connectivity index (χ4v) is 2.62. The first-order valence-electron chi connectivity index (χ1n) is 7.18. The van der Waals surface area contributed by atoms with Crippen LogP contribution in [0.3, 0.4) is 0 Å². The molecular formula is C15H23N3O2. The summed E-state index contributed by atoms with van der Waals surface area (Å²) in [5, 5.41) is 12.7. The number of para-hydroxylation sites is 1. The topological polar surface area (TPSA) is 78.6 Å². The van der Waals surface area contributed by atoms with Crippen LogP contribution in [-0.2, 0) is 0 Å². The largest absolute Gasteiger partial charge is 0.505 e. The number of benzene rings is 1. The summed E-state index contributed by atoms with van der Waals surface area (Å²) in [7, 11) is 0. The Morgan fingerprint density at radius 1 is 1.40 bits per heavy atom. The molecule has 5 nitrogen and oxygen atoms in total. The molecule has 0 bridgehead atoms. The molecule has 110 valence electrons. The molecule has 1 unspecified atom stereocenters. The Bertz CT molecular complexity index is 470. The van der Waals surface area contributed by atoms with Crippen LogP contribution in [0.1, 0.15) is 36.5 Å². The number of hydrogen-bond acceptors (Lipinski definition) is 4. The lowest BCUT2D eigenvalue weighted by Crippen LogP contribution is -2.43. The van der Waals surface area contributed by atoms with Crippen molar-refractivity contribution in [2.45, 2.75) is 32.2 Å². The molecule has 4 N–H and O–H groups in total. The number of carbonyl (C=O) groups is 1. The van der Waals surface area contributed by atoms with Crippen LogP contribution in [-0.4, -0.2) is 41.6 Å². The van der Waals surface area contributed by atoms with E-state index in [-0.39, 0.29) is 28.9 Å². The Balaban J connectivity index is 1.91. The fourth-order valence-electron chi connectivity index (χ4n) is 2.62. The van der Waals surface area contributed by atoms with Gasteiger partial charge in [0.1, 0.15) is 0 Å². The summed E-state index contributed by atoms with van der Waals surface area (Å²) in [6.45, 7) is 5.03. The van der Waals surface area contributed by atoms with Crippen LogP contribution in [0.5, 0.6) is 5.75 Å². The minimum Gasteiger partial charge on any atom is -0.505 e. The van der Waals surface area contributed by atoms with E-state index in [1.54, 1.807) is 18.2 Å². The summed E-state index contributed by atoms with van der Waals surface area (Å²) in [4.78, 5) is 14.5. The van der Waals surface area contributed by atoms with Crippen molar-refractivity contribution in [2.75, 3.05) is 25.4 Å². The van der Waals surface area contributed by atoms with Crippen molar-refractivity contribution in [1.82, 2.24) is 10.2 Å². The second-order valence-corrected chi connectivity index (χ2v) is 5.48. The van der Waals surface area contributed by atoms with Crippen molar-refractivity contribution in [3.05, 3.63) is 23.8 Å². The zero-order chi connectivity index (χ0) is 14.5. The van der Waals surface area contributed by atoms with E-state index in [2.05, 4.69) is 10.2 Å². The van der Waals surface area contributed by atoms with Gasteiger partial charge in [-0.3, -0.25) is 4.79 Å². The molecule has 0 radical (unpaired) electrons. The second-order valence-electron chi connectivity index (χ2n) is 5.48. The number of hydrogen-bond donors (Lipinski definition) is 3. The maximum absolute atomic E-state index is 12.1. The predicted octanol–water partition coefficient (Wildman–Crippen LogP) is 1.58. The quantitative estimate of drug-likeness (QED) is 0.577. The molecule has 1 saturated heterocycles. The van der Waals surface area contributed by atoms with Gasteiger partial charge in [0.15, 0.2) is 5.75 Å². The van der Waals surface area contributed by atoms with Crippen LogP contribution >= 0.6 is 0 Å². The first kappa shape index (κ1) is 14.7. The number of nitrogen functional groups attached to an aromatic ring is 1. The van der Waals surface area contributed by atoms with Gasteiger partial charge < -0.3 is 21.1 Å². The highest BCUT2D eigenvalue weighted by molar-refractivity contribution is 5.98. The normalized spacial score (nSPS) is 17.6. The summed E-state index contributed by atoms with van der Waals surface area (Å²) in [6.07, 6.45) is 3.77. The zero-order valence-electron chi connectivity index (χ0n) is 11.9. The van der Waals surface area contributed by atoms with Crippen LogP contribution < -0.4 is 11.1 Å². The fraction of sp³-hybridized carbons (Fsp3) is 0.533. The highest BCUT2D eigenvalue weighted by Crippen LogP contribution is 2.24. The van der Waals surface area contributed by atoms with Crippen molar-refractivity contribution < 1.29 is 9.90 Å². The van der Waals surface area contributed by atoms with Crippen LogP contribution in [0.2, 0.25) is 0 Å². The molecule has 20 heavy (non-hydrogen) atoms. The number of phenolic OH excluding ortho intramolecular Hbond substituents is 1. The third kappa shape index (κ3) is 3.63. The SMILES string of the molecule is CC(CN1CCCCC1)NC(=O)c1cccc(N)c1O. The van der Waals surface area contributed by atoms with Crippen LogP contribution in [0, 0.1) is 0 Å². The average molecular weight is 277 g/mol. The summed E-state index contributed by atoms with van der Waals surface area (Å²) in [6, 6.07) is 4.86. The first-order valence-corrected chi connectivity index (χ1v) is 7.18. The number of likely N-dealkylation sites (tertiary alicyclic amines) is 1. The molecule has 0 saturated carbocycles. The van der Waals surface area contributed by atoms with Gasteiger partial charge in [0, 0.05) is 12.6 Å². The molecule has 2 rings (SSSR count). The molecule has 1 fully saturated rings. The molecule has 5 heteroatoms. The van der Waals surface area contributed by atoms with Gasteiger partial charge in [0.2, 0.25) is 0 Å². The summed E-state index contributed by atoms with van der Waals surface area (Å²) < 4.78 is 0. The van der Waals surface area contributed by atoms with Gasteiger partial charge in [0.05, 0.1) is 11.3 Å². The molecule has 1 aromatic rings. The molecule has 1 aliphatic rings. The second kappa shape index (κ2) is 6.61. The van der Waals surface area contributed by atoms with Crippen LogP contribution in [0.4, 0.5) is 5.69 Å². The smallest absolute Gasteiger partial charge is 0.255 e. The lowest BCUT2D eigenvalue weighted by atomic mass is 10.1. The Morgan fingerprint density at radius 3 is 2.80 bits per heavy atom. The number of nitrogens with zero attached hydrogens (tertiary/aromatic N) is 1. The van der Waals surface area contributed by atoms with Gasteiger partial charge in [-0.1, -0.05) is 12.5 Å². The van der Waals surface area contributed by atoms with E-state index in [0.29, 0.717) is 0 Å². The number of anilines is 1.